The Morgan fingerprint density at radius 3 is 2.49 bits per heavy atom. The van der Waals surface area contributed by atoms with Crippen LogP contribution >= 0.6 is 0 Å². The van der Waals surface area contributed by atoms with E-state index in [9.17, 15) is 18.0 Å². The Bertz CT molecular complexity index is 1180. The number of halogens is 3. The molecule has 37 heavy (non-hydrogen) atoms. The highest BCUT2D eigenvalue weighted by Crippen LogP contribution is 2.58. The van der Waals surface area contributed by atoms with E-state index in [2.05, 4.69) is 19.9 Å². The predicted molar refractivity (Wildman–Crippen MR) is 131 cm³/mol. The minimum atomic E-state index is -4.47. The summed E-state index contributed by atoms with van der Waals surface area (Å²) >= 11 is 0. The highest BCUT2D eigenvalue weighted by Gasteiger charge is 2.60. The number of fused-ring (bicyclic) bond motifs is 2. The molecule has 0 bridgehead atoms. The van der Waals surface area contributed by atoms with Crippen LogP contribution in [0.5, 0.6) is 0 Å². The highest BCUT2D eigenvalue weighted by atomic mass is 19.4. The predicted octanol–water partition coefficient (Wildman–Crippen LogP) is 4.30. The first-order chi connectivity index (χ1) is 17.6. The van der Waals surface area contributed by atoms with Gasteiger partial charge < -0.3 is 14.5 Å². The van der Waals surface area contributed by atoms with Crippen molar-refractivity contribution >= 4 is 29.3 Å². The van der Waals surface area contributed by atoms with Crippen molar-refractivity contribution in [2.45, 2.75) is 70.2 Å². The van der Waals surface area contributed by atoms with Gasteiger partial charge in [-0.05, 0) is 58.1 Å². The van der Waals surface area contributed by atoms with Crippen molar-refractivity contribution in [3.8, 4) is 0 Å². The second kappa shape index (κ2) is 9.46. The first-order valence-electron chi connectivity index (χ1n) is 12.6. The first kappa shape index (κ1) is 25.2. The number of ether oxygens (including phenoxy) is 1. The SMILES string of the molecule is CC(C)N(CC(F)(F)F)C(=N)OCc1ncc2c(n1)N(c1ccc(N3CCCCC3)nc1)C(=O)C21CC1. The molecule has 0 unspecified atom stereocenters. The van der Waals surface area contributed by atoms with Crippen LogP contribution in [0.2, 0.25) is 0 Å². The maximum Gasteiger partial charge on any atom is 0.406 e. The lowest BCUT2D eigenvalue weighted by atomic mass is 10.0. The first-order valence-corrected chi connectivity index (χ1v) is 12.6. The van der Waals surface area contributed by atoms with Gasteiger partial charge in [-0.15, -0.1) is 0 Å². The Morgan fingerprint density at radius 1 is 1.16 bits per heavy atom. The molecular weight excluding hydrogens is 487 g/mol. The van der Waals surface area contributed by atoms with Crippen LogP contribution in [0.3, 0.4) is 0 Å². The number of hydrogen-bond acceptors (Lipinski definition) is 7. The Morgan fingerprint density at radius 2 is 1.89 bits per heavy atom. The second-order valence-electron chi connectivity index (χ2n) is 10.1. The van der Waals surface area contributed by atoms with Crippen LogP contribution in [0.4, 0.5) is 30.5 Å². The Balaban J connectivity index is 1.35. The van der Waals surface area contributed by atoms with Gasteiger partial charge in [0.25, 0.3) is 6.02 Å². The summed E-state index contributed by atoms with van der Waals surface area (Å²) in [5, 5.41) is 8.01. The van der Waals surface area contributed by atoms with Crippen molar-refractivity contribution in [3.05, 3.63) is 35.9 Å². The van der Waals surface area contributed by atoms with Crippen molar-refractivity contribution in [2.75, 3.05) is 29.4 Å². The van der Waals surface area contributed by atoms with E-state index in [0.717, 1.165) is 42.2 Å². The molecule has 1 spiro atoms. The molecule has 198 valence electrons. The number of alkyl halides is 3. The number of nitrogens with one attached hydrogen (secondary N) is 1. The van der Waals surface area contributed by atoms with E-state index in [0.29, 0.717) is 24.3 Å². The summed E-state index contributed by atoms with van der Waals surface area (Å²) in [5.41, 5.74) is 0.705. The summed E-state index contributed by atoms with van der Waals surface area (Å²) in [5.74, 6) is 1.41. The standard InChI is InChI=1S/C25H30F3N7O2/c1-16(2)34(15-25(26,27)28)23(29)37-14-19-30-13-18-21(32-19)35(22(36)24(18)8-9-24)17-6-7-20(31-12-17)33-10-4-3-5-11-33/h6-7,12-13,16,29H,3-5,8-11,14-15H2,1-2H3. The van der Waals surface area contributed by atoms with E-state index in [-0.39, 0.29) is 18.3 Å². The molecule has 0 radical (unpaired) electrons. The number of piperidine rings is 1. The third-order valence-corrected chi connectivity index (χ3v) is 7.15. The quantitative estimate of drug-likeness (QED) is 0.451. The number of nitrogens with zero attached hydrogens (tertiary/aromatic N) is 6. The fraction of sp³-hybridized carbons (Fsp3) is 0.560. The van der Waals surface area contributed by atoms with Crippen molar-refractivity contribution in [1.29, 1.82) is 5.41 Å². The Labute approximate surface area is 213 Å². The van der Waals surface area contributed by atoms with Gasteiger partial charge in [0.05, 0.1) is 17.3 Å². The molecule has 1 saturated heterocycles. The van der Waals surface area contributed by atoms with Crippen LogP contribution in [0.1, 0.15) is 57.3 Å². The van der Waals surface area contributed by atoms with Gasteiger partial charge >= 0.3 is 6.18 Å². The zero-order valence-electron chi connectivity index (χ0n) is 20.9. The van der Waals surface area contributed by atoms with E-state index >= 15 is 0 Å². The van der Waals surface area contributed by atoms with Gasteiger partial charge in [-0.2, -0.15) is 13.2 Å². The number of aromatic nitrogens is 3. The summed E-state index contributed by atoms with van der Waals surface area (Å²) in [6, 6.07) is 2.59. The lowest BCUT2D eigenvalue weighted by Gasteiger charge is -2.29. The number of amides is 1. The fourth-order valence-electron chi connectivity index (χ4n) is 4.98. The van der Waals surface area contributed by atoms with Gasteiger partial charge in [-0.3, -0.25) is 15.1 Å². The average molecular weight is 518 g/mol. The second-order valence-corrected chi connectivity index (χ2v) is 10.1. The molecule has 12 heteroatoms. The smallest absolute Gasteiger partial charge is 0.406 e. The third-order valence-electron chi connectivity index (χ3n) is 7.15. The molecule has 2 aliphatic heterocycles. The topological polar surface area (TPSA) is 98.5 Å². The normalized spacial score (nSPS) is 18.4. The summed E-state index contributed by atoms with van der Waals surface area (Å²) in [6.45, 7) is 3.44. The number of carbonyl (C=O) groups is 1. The van der Waals surface area contributed by atoms with E-state index in [4.69, 9.17) is 10.1 Å². The van der Waals surface area contributed by atoms with Crippen molar-refractivity contribution < 1.29 is 22.7 Å². The minimum absolute atomic E-state index is 0.0775. The van der Waals surface area contributed by atoms with Crippen molar-refractivity contribution in [3.63, 3.8) is 0 Å². The number of anilines is 3. The lowest BCUT2D eigenvalue weighted by molar-refractivity contribution is -0.142. The minimum Gasteiger partial charge on any atom is -0.457 e. The average Bonchev–Trinajstić information content (AvgIpc) is 3.64. The monoisotopic (exact) mass is 517 g/mol. The molecule has 9 nitrogen and oxygen atoms in total. The Hall–Kier alpha value is -3.44. The van der Waals surface area contributed by atoms with Gasteiger partial charge in [-0.25, -0.2) is 15.0 Å². The molecule has 0 aromatic carbocycles. The van der Waals surface area contributed by atoms with Crippen LogP contribution in [-0.4, -0.2) is 63.6 Å². The van der Waals surface area contributed by atoms with Gasteiger partial charge in [0.15, 0.2) is 12.4 Å². The summed E-state index contributed by atoms with van der Waals surface area (Å²) in [6.07, 6.45) is 3.71. The van der Waals surface area contributed by atoms with Gasteiger partial charge in [0.2, 0.25) is 5.91 Å². The molecule has 5 rings (SSSR count). The van der Waals surface area contributed by atoms with E-state index in [1.54, 1.807) is 31.1 Å². The van der Waals surface area contributed by atoms with Crippen molar-refractivity contribution in [1.82, 2.24) is 19.9 Å². The molecule has 2 aromatic rings. The molecular formula is C25H30F3N7O2. The molecule has 2 aromatic heterocycles. The van der Waals surface area contributed by atoms with Crippen LogP contribution in [0, 0.1) is 5.41 Å². The zero-order chi connectivity index (χ0) is 26.4. The number of amidine groups is 1. The van der Waals surface area contributed by atoms with Gasteiger partial charge in [-0.1, -0.05) is 0 Å². The molecule has 3 aliphatic rings. The molecule has 4 heterocycles. The zero-order valence-corrected chi connectivity index (χ0v) is 20.9. The lowest BCUT2D eigenvalue weighted by Crippen LogP contribution is -2.43. The number of hydrogen-bond donors (Lipinski definition) is 1. The molecule has 1 amide bonds. The third kappa shape index (κ3) is 4.93. The summed E-state index contributed by atoms with van der Waals surface area (Å²) in [7, 11) is 0. The summed E-state index contributed by atoms with van der Waals surface area (Å²) in [4.78, 5) is 31.5. The molecule has 2 fully saturated rings. The van der Waals surface area contributed by atoms with Crippen LogP contribution in [-0.2, 0) is 21.6 Å². The van der Waals surface area contributed by atoms with Crippen molar-refractivity contribution in [2.24, 2.45) is 0 Å². The fourth-order valence-corrected chi connectivity index (χ4v) is 4.98. The largest absolute Gasteiger partial charge is 0.457 e. The molecule has 1 saturated carbocycles. The maximum atomic E-state index is 13.4. The molecule has 1 N–H and O–H groups in total. The summed E-state index contributed by atoms with van der Waals surface area (Å²) < 4.78 is 44.1. The highest BCUT2D eigenvalue weighted by molar-refractivity contribution is 6.13. The van der Waals surface area contributed by atoms with Crippen LogP contribution in [0.25, 0.3) is 0 Å². The maximum absolute atomic E-state index is 13.4. The van der Waals surface area contributed by atoms with E-state index in [1.807, 2.05) is 12.1 Å². The molecule has 1 aliphatic carbocycles. The van der Waals surface area contributed by atoms with Gasteiger partial charge in [0, 0.05) is 30.9 Å². The number of rotatable bonds is 6. The van der Waals surface area contributed by atoms with Crippen LogP contribution < -0.4 is 9.80 Å². The molecule has 0 atom stereocenters. The number of carbonyl (C=O) groups excluding carboxylic acids is 1. The van der Waals surface area contributed by atoms with E-state index in [1.165, 1.54) is 6.42 Å². The van der Waals surface area contributed by atoms with Crippen LogP contribution in [0.15, 0.2) is 24.5 Å². The van der Waals surface area contributed by atoms with E-state index < -0.39 is 30.2 Å². The van der Waals surface area contributed by atoms with Gasteiger partial charge in [0.1, 0.15) is 18.2 Å². The Kier molecular flexibility index (Phi) is 6.45. The number of pyridine rings is 1.